The van der Waals surface area contributed by atoms with Gasteiger partial charge in [-0.1, -0.05) is 26.0 Å². The Bertz CT molecular complexity index is 563. The van der Waals surface area contributed by atoms with Crippen LogP contribution in [0.4, 0.5) is 5.69 Å². The van der Waals surface area contributed by atoms with Gasteiger partial charge < -0.3 is 5.32 Å². The molecule has 1 aromatic rings. The van der Waals surface area contributed by atoms with Gasteiger partial charge in [0.2, 0.25) is 11.8 Å². The highest BCUT2D eigenvalue weighted by Gasteiger charge is 2.46. The lowest BCUT2D eigenvalue weighted by Gasteiger charge is -2.25. The molecule has 0 unspecified atom stereocenters. The van der Waals surface area contributed by atoms with Crippen molar-refractivity contribution in [2.24, 2.45) is 5.41 Å². The van der Waals surface area contributed by atoms with Crippen molar-refractivity contribution in [1.29, 1.82) is 0 Å². The molecule has 2 heterocycles. The zero-order valence-corrected chi connectivity index (χ0v) is 11.3. The highest BCUT2D eigenvalue weighted by Crippen LogP contribution is 2.37. The molecule has 100 valence electrons. The van der Waals surface area contributed by atoms with Crippen molar-refractivity contribution in [2.45, 2.75) is 33.2 Å². The van der Waals surface area contributed by atoms with Gasteiger partial charge in [-0.2, -0.15) is 0 Å². The van der Waals surface area contributed by atoms with Gasteiger partial charge in [-0.3, -0.25) is 9.59 Å². The fourth-order valence-electron chi connectivity index (χ4n) is 2.91. The van der Waals surface area contributed by atoms with E-state index in [9.17, 15) is 9.59 Å². The molecule has 1 N–H and O–H groups in total. The molecular formula is C15H18N2O2. The van der Waals surface area contributed by atoms with Gasteiger partial charge in [0.25, 0.3) is 0 Å². The van der Waals surface area contributed by atoms with Crippen LogP contribution < -0.4 is 10.2 Å². The summed E-state index contributed by atoms with van der Waals surface area (Å²) in [5.74, 6) is -0.161. The van der Waals surface area contributed by atoms with Gasteiger partial charge in [-0.05, 0) is 30.2 Å². The van der Waals surface area contributed by atoms with E-state index in [0.29, 0.717) is 6.42 Å². The standard InChI is InChI=1S/C15H18N2O2/c1-15(2)8-13(18)17(14(15)19)12-5-3-4-10-9-16-7-6-11(10)12/h3-5,16H,6-9H2,1-2H3. The summed E-state index contributed by atoms with van der Waals surface area (Å²) in [6, 6.07) is 5.87. The number of benzene rings is 1. The van der Waals surface area contributed by atoms with Crippen molar-refractivity contribution >= 4 is 17.5 Å². The van der Waals surface area contributed by atoms with Crippen LogP contribution in [0.1, 0.15) is 31.4 Å². The average Bonchev–Trinajstić information content (AvgIpc) is 2.58. The quantitative estimate of drug-likeness (QED) is 0.779. The predicted octanol–water partition coefficient (Wildman–Crippen LogP) is 1.62. The Morgan fingerprint density at radius 3 is 2.74 bits per heavy atom. The normalized spacial score (nSPS) is 21.7. The number of nitrogens with one attached hydrogen (secondary N) is 1. The molecule has 4 nitrogen and oxygen atoms in total. The Hall–Kier alpha value is -1.68. The predicted molar refractivity (Wildman–Crippen MR) is 72.7 cm³/mol. The SMILES string of the molecule is CC1(C)CC(=O)N(c2cccc3c2CCNC3)C1=O. The second-order valence-corrected chi connectivity index (χ2v) is 5.94. The van der Waals surface area contributed by atoms with Crippen LogP contribution in [0.25, 0.3) is 0 Å². The third-order valence-corrected chi connectivity index (χ3v) is 3.98. The molecule has 0 radical (unpaired) electrons. The number of amides is 2. The summed E-state index contributed by atoms with van der Waals surface area (Å²) in [6.07, 6.45) is 1.16. The smallest absolute Gasteiger partial charge is 0.239 e. The number of anilines is 1. The third kappa shape index (κ3) is 1.87. The number of imide groups is 1. The first-order chi connectivity index (χ1) is 9.00. The molecule has 0 bridgehead atoms. The number of fused-ring (bicyclic) bond motifs is 1. The molecule has 0 aliphatic carbocycles. The zero-order valence-electron chi connectivity index (χ0n) is 11.3. The van der Waals surface area contributed by atoms with E-state index in [-0.39, 0.29) is 11.8 Å². The Morgan fingerprint density at radius 1 is 1.26 bits per heavy atom. The number of rotatable bonds is 1. The molecule has 2 aliphatic heterocycles. The van der Waals surface area contributed by atoms with E-state index in [4.69, 9.17) is 0 Å². The molecule has 0 aromatic heterocycles. The highest BCUT2D eigenvalue weighted by atomic mass is 16.2. The van der Waals surface area contributed by atoms with Crippen molar-refractivity contribution < 1.29 is 9.59 Å². The average molecular weight is 258 g/mol. The Morgan fingerprint density at radius 2 is 2.05 bits per heavy atom. The lowest BCUT2D eigenvalue weighted by Crippen LogP contribution is -2.35. The maximum Gasteiger partial charge on any atom is 0.239 e. The van der Waals surface area contributed by atoms with Crippen molar-refractivity contribution in [1.82, 2.24) is 5.32 Å². The summed E-state index contributed by atoms with van der Waals surface area (Å²) in [6.45, 7) is 5.38. The van der Waals surface area contributed by atoms with Gasteiger partial charge in [0.05, 0.1) is 11.1 Å². The molecule has 2 amide bonds. The Balaban J connectivity index is 2.08. The summed E-state index contributed by atoms with van der Waals surface area (Å²) in [5, 5.41) is 3.31. The first-order valence-corrected chi connectivity index (χ1v) is 6.69. The molecular weight excluding hydrogens is 240 g/mol. The van der Waals surface area contributed by atoms with Gasteiger partial charge >= 0.3 is 0 Å². The lowest BCUT2D eigenvalue weighted by atomic mass is 9.92. The summed E-state index contributed by atoms with van der Waals surface area (Å²) < 4.78 is 0. The van der Waals surface area contributed by atoms with Crippen molar-refractivity contribution in [3.05, 3.63) is 29.3 Å². The van der Waals surface area contributed by atoms with Crippen LogP contribution in [-0.4, -0.2) is 18.4 Å². The van der Waals surface area contributed by atoms with Crippen molar-refractivity contribution in [3.8, 4) is 0 Å². The fraction of sp³-hybridized carbons (Fsp3) is 0.467. The topological polar surface area (TPSA) is 49.4 Å². The summed E-state index contributed by atoms with van der Waals surface area (Å²) >= 11 is 0. The van der Waals surface area contributed by atoms with Gasteiger partial charge in [0.15, 0.2) is 0 Å². The third-order valence-electron chi connectivity index (χ3n) is 3.98. The van der Waals surface area contributed by atoms with Crippen LogP contribution in [0.15, 0.2) is 18.2 Å². The van der Waals surface area contributed by atoms with Crippen LogP contribution in [-0.2, 0) is 22.6 Å². The molecule has 0 spiro atoms. The summed E-state index contributed by atoms with van der Waals surface area (Å²) in [7, 11) is 0. The van der Waals surface area contributed by atoms with Crippen molar-refractivity contribution in [3.63, 3.8) is 0 Å². The molecule has 1 aromatic carbocycles. The first kappa shape index (κ1) is 12.4. The molecule has 1 fully saturated rings. The van der Waals surface area contributed by atoms with Gasteiger partial charge in [-0.15, -0.1) is 0 Å². The monoisotopic (exact) mass is 258 g/mol. The first-order valence-electron chi connectivity index (χ1n) is 6.69. The van der Waals surface area contributed by atoms with Gasteiger partial charge in [0, 0.05) is 13.0 Å². The van der Waals surface area contributed by atoms with E-state index in [2.05, 4.69) is 11.4 Å². The number of nitrogens with zero attached hydrogens (tertiary/aromatic N) is 1. The number of hydrogen-bond acceptors (Lipinski definition) is 3. The van der Waals surface area contributed by atoms with E-state index >= 15 is 0 Å². The minimum atomic E-state index is -0.577. The Labute approximate surface area is 112 Å². The fourth-order valence-corrected chi connectivity index (χ4v) is 2.91. The maximum absolute atomic E-state index is 12.4. The zero-order chi connectivity index (χ0) is 13.6. The van der Waals surface area contributed by atoms with Crippen LogP contribution >= 0.6 is 0 Å². The molecule has 0 saturated carbocycles. The molecule has 4 heteroatoms. The van der Waals surface area contributed by atoms with Crippen LogP contribution in [0.2, 0.25) is 0 Å². The second-order valence-electron chi connectivity index (χ2n) is 5.94. The molecule has 0 atom stereocenters. The maximum atomic E-state index is 12.4. The molecule has 19 heavy (non-hydrogen) atoms. The van der Waals surface area contributed by atoms with Crippen LogP contribution in [0.5, 0.6) is 0 Å². The van der Waals surface area contributed by atoms with Gasteiger partial charge in [0.1, 0.15) is 0 Å². The summed E-state index contributed by atoms with van der Waals surface area (Å²) in [4.78, 5) is 26.0. The minimum Gasteiger partial charge on any atom is -0.312 e. The molecule has 1 saturated heterocycles. The van der Waals surface area contributed by atoms with E-state index < -0.39 is 5.41 Å². The number of carbonyl (C=O) groups is 2. The summed E-state index contributed by atoms with van der Waals surface area (Å²) in [5.41, 5.74) is 2.54. The van der Waals surface area contributed by atoms with Crippen LogP contribution in [0, 0.1) is 5.41 Å². The minimum absolute atomic E-state index is 0.0792. The van der Waals surface area contributed by atoms with E-state index in [1.165, 1.54) is 10.5 Å². The second kappa shape index (κ2) is 4.17. The molecule has 2 aliphatic rings. The lowest BCUT2D eigenvalue weighted by molar-refractivity contribution is -0.124. The number of hydrogen-bond donors (Lipinski definition) is 1. The van der Waals surface area contributed by atoms with Crippen molar-refractivity contribution in [2.75, 3.05) is 11.4 Å². The largest absolute Gasteiger partial charge is 0.312 e. The Kier molecular flexibility index (Phi) is 2.71. The highest BCUT2D eigenvalue weighted by molar-refractivity contribution is 6.22. The number of carbonyl (C=O) groups excluding carboxylic acids is 2. The van der Waals surface area contributed by atoms with E-state index in [0.717, 1.165) is 30.8 Å². The van der Waals surface area contributed by atoms with Crippen LogP contribution in [0.3, 0.4) is 0 Å². The van der Waals surface area contributed by atoms with Gasteiger partial charge in [-0.25, -0.2) is 4.90 Å². The van der Waals surface area contributed by atoms with E-state index in [1.54, 1.807) is 0 Å². The van der Waals surface area contributed by atoms with E-state index in [1.807, 2.05) is 26.0 Å². The molecule has 3 rings (SSSR count).